The molecular weight excluding hydrogens is 236 g/mol. The molecule has 0 aromatic heterocycles. The van der Waals surface area contributed by atoms with Crippen molar-refractivity contribution in [2.24, 2.45) is 0 Å². The summed E-state index contributed by atoms with van der Waals surface area (Å²) in [6.45, 7) is 8.10. The molecular formula is C12H22N2O4. The zero-order valence-electron chi connectivity index (χ0n) is 10.9. The van der Waals surface area contributed by atoms with Crippen LogP contribution in [-0.4, -0.2) is 69.2 Å². The molecule has 0 bridgehead atoms. The number of amides is 1. The lowest BCUT2D eigenvalue weighted by molar-refractivity contribution is -0.166. The number of hydrogen-bond donors (Lipinski definition) is 1. The number of hydrogen-bond acceptors (Lipinski definition) is 5. The summed E-state index contributed by atoms with van der Waals surface area (Å²) in [5.74, 6) is 0. The van der Waals surface area contributed by atoms with Gasteiger partial charge in [0.05, 0.1) is 26.4 Å². The van der Waals surface area contributed by atoms with Gasteiger partial charge in [-0.1, -0.05) is 0 Å². The van der Waals surface area contributed by atoms with Crippen LogP contribution >= 0.6 is 0 Å². The summed E-state index contributed by atoms with van der Waals surface area (Å²) < 4.78 is 15.6. The lowest BCUT2D eigenvalue weighted by Gasteiger charge is -2.36. The Morgan fingerprint density at radius 1 is 1.33 bits per heavy atom. The molecule has 0 aliphatic carbocycles. The first-order chi connectivity index (χ1) is 8.68. The number of carbonyl (C=O) groups excluding carboxylic acids is 1. The van der Waals surface area contributed by atoms with Crippen molar-refractivity contribution in [3.05, 3.63) is 0 Å². The number of morpholine rings is 1. The summed E-state index contributed by atoms with van der Waals surface area (Å²) in [6.07, 6.45) is 0.588. The molecule has 2 aliphatic heterocycles. The average molecular weight is 258 g/mol. The van der Waals surface area contributed by atoms with E-state index in [4.69, 9.17) is 14.2 Å². The Bertz CT molecular complexity index is 275. The van der Waals surface area contributed by atoms with Gasteiger partial charge in [-0.3, -0.25) is 4.90 Å². The molecule has 1 N–H and O–H groups in total. The van der Waals surface area contributed by atoms with E-state index in [1.165, 1.54) is 0 Å². The summed E-state index contributed by atoms with van der Waals surface area (Å²) in [5.41, 5.74) is -0.422. The number of ether oxygens (including phenoxy) is 3. The second-order valence-corrected chi connectivity index (χ2v) is 5.07. The SMILES string of the molecule is CC1(OC(=O)NCCCN2CCOCC2)COC1. The standard InChI is InChI=1S/C12H22N2O4/c1-12(9-17-10-12)18-11(15)13-3-2-4-14-5-7-16-8-6-14/h2-10H2,1H3,(H,13,15). The van der Waals surface area contributed by atoms with Gasteiger partial charge in [-0.2, -0.15) is 0 Å². The number of nitrogens with zero attached hydrogens (tertiary/aromatic N) is 1. The van der Waals surface area contributed by atoms with Crippen molar-refractivity contribution in [1.82, 2.24) is 10.2 Å². The molecule has 0 saturated carbocycles. The summed E-state index contributed by atoms with van der Waals surface area (Å²) in [7, 11) is 0. The molecule has 6 heteroatoms. The minimum absolute atomic E-state index is 0.345. The van der Waals surface area contributed by atoms with Crippen molar-refractivity contribution < 1.29 is 19.0 Å². The molecule has 2 heterocycles. The lowest BCUT2D eigenvalue weighted by atomic mass is 10.1. The van der Waals surface area contributed by atoms with Crippen LogP contribution in [0.4, 0.5) is 4.79 Å². The Labute approximate surface area is 108 Å². The summed E-state index contributed by atoms with van der Waals surface area (Å²) in [5, 5.41) is 2.77. The van der Waals surface area contributed by atoms with Gasteiger partial charge in [0, 0.05) is 19.6 Å². The van der Waals surface area contributed by atoms with E-state index in [-0.39, 0.29) is 6.09 Å². The topological polar surface area (TPSA) is 60.0 Å². The third-order valence-electron chi connectivity index (χ3n) is 3.18. The van der Waals surface area contributed by atoms with Gasteiger partial charge in [0.2, 0.25) is 0 Å². The van der Waals surface area contributed by atoms with Gasteiger partial charge in [0.1, 0.15) is 0 Å². The highest BCUT2D eigenvalue weighted by Crippen LogP contribution is 2.20. The molecule has 1 amide bonds. The molecule has 0 radical (unpaired) electrons. The molecule has 0 aromatic rings. The van der Waals surface area contributed by atoms with Crippen LogP contribution in [0, 0.1) is 0 Å². The molecule has 18 heavy (non-hydrogen) atoms. The zero-order valence-corrected chi connectivity index (χ0v) is 10.9. The first-order valence-corrected chi connectivity index (χ1v) is 6.53. The largest absolute Gasteiger partial charge is 0.438 e. The Balaban J connectivity index is 1.50. The van der Waals surface area contributed by atoms with Crippen molar-refractivity contribution in [2.75, 3.05) is 52.6 Å². The third-order valence-corrected chi connectivity index (χ3v) is 3.18. The van der Waals surface area contributed by atoms with Crippen molar-refractivity contribution in [3.8, 4) is 0 Å². The quantitative estimate of drug-likeness (QED) is 0.715. The first kappa shape index (κ1) is 13.6. The van der Waals surface area contributed by atoms with Crippen molar-refractivity contribution in [3.63, 3.8) is 0 Å². The van der Waals surface area contributed by atoms with Crippen LogP contribution in [0.3, 0.4) is 0 Å². The average Bonchev–Trinajstić information content (AvgIpc) is 2.34. The summed E-state index contributed by atoms with van der Waals surface area (Å²) >= 11 is 0. The molecule has 2 fully saturated rings. The maximum Gasteiger partial charge on any atom is 0.407 e. The molecule has 0 aromatic carbocycles. The highest BCUT2D eigenvalue weighted by atomic mass is 16.6. The Morgan fingerprint density at radius 2 is 2.06 bits per heavy atom. The van der Waals surface area contributed by atoms with E-state index < -0.39 is 5.60 Å². The minimum Gasteiger partial charge on any atom is -0.438 e. The number of rotatable bonds is 5. The number of nitrogens with one attached hydrogen (secondary N) is 1. The van der Waals surface area contributed by atoms with Crippen LogP contribution in [0.5, 0.6) is 0 Å². The normalized spacial score (nSPS) is 23.2. The molecule has 2 aliphatic rings. The fourth-order valence-corrected chi connectivity index (χ4v) is 2.03. The van der Waals surface area contributed by atoms with E-state index in [1.807, 2.05) is 6.92 Å². The maximum atomic E-state index is 11.5. The van der Waals surface area contributed by atoms with E-state index in [9.17, 15) is 4.79 Å². The van der Waals surface area contributed by atoms with Crippen LogP contribution in [-0.2, 0) is 14.2 Å². The predicted octanol–water partition coefficient (Wildman–Crippen LogP) is 0.224. The van der Waals surface area contributed by atoms with Gasteiger partial charge in [-0.15, -0.1) is 0 Å². The highest BCUT2D eigenvalue weighted by Gasteiger charge is 2.37. The molecule has 6 nitrogen and oxygen atoms in total. The van der Waals surface area contributed by atoms with Crippen molar-refractivity contribution in [2.45, 2.75) is 18.9 Å². The van der Waals surface area contributed by atoms with E-state index in [0.717, 1.165) is 39.3 Å². The molecule has 2 rings (SSSR count). The Morgan fingerprint density at radius 3 is 2.67 bits per heavy atom. The van der Waals surface area contributed by atoms with Crippen LogP contribution < -0.4 is 5.32 Å². The highest BCUT2D eigenvalue weighted by molar-refractivity contribution is 5.67. The van der Waals surface area contributed by atoms with E-state index >= 15 is 0 Å². The molecule has 0 spiro atoms. The molecule has 104 valence electrons. The van der Waals surface area contributed by atoms with Crippen molar-refractivity contribution >= 4 is 6.09 Å². The van der Waals surface area contributed by atoms with Crippen LogP contribution in [0.2, 0.25) is 0 Å². The van der Waals surface area contributed by atoms with Gasteiger partial charge >= 0.3 is 6.09 Å². The second-order valence-electron chi connectivity index (χ2n) is 5.07. The molecule has 2 saturated heterocycles. The maximum absolute atomic E-state index is 11.5. The van der Waals surface area contributed by atoms with Crippen LogP contribution in [0.25, 0.3) is 0 Å². The monoisotopic (exact) mass is 258 g/mol. The lowest BCUT2D eigenvalue weighted by Crippen LogP contribution is -2.52. The van der Waals surface area contributed by atoms with Gasteiger partial charge in [0.25, 0.3) is 0 Å². The summed E-state index contributed by atoms with van der Waals surface area (Å²) in [4.78, 5) is 13.8. The van der Waals surface area contributed by atoms with E-state index in [2.05, 4.69) is 10.2 Å². The van der Waals surface area contributed by atoms with Crippen LogP contribution in [0.1, 0.15) is 13.3 Å². The Hall–Kier alpha value is -0.850. The molecule has 0 atom stereocenters. The van der Waals surface area contributed by atoms with E-state index in [0.29, 0.717) is 19.8 Å². The predicted molar refractivity (Wildman–Crippen MR) is 65.6 cm³/mol. The van der Waals surface area contributed by atoms with E-state index in [1.54, 1.807) is 0 Å². The third kappa shape index (κ3) is 4.12. The molecule has 0 unspecified atom stereocenters. The van der Waals surface area contributed by atoms with Crippen LogP contribution in [0.15, 0.2) is 0 Å². The van der Waals surface area contributed by atoms with Gasteiger partial charge in [-0.25, -0.2) is 4.79 Å². The number of carbonyl (C=O) groups is 1. The zero-order chi connectivity index (χ0) is 12.8. The fraction of sp³-hybridized carbons (Fsp3) is 0.917. The second kappa shape index (κ2) is 6.36. The number of alkyl carbamates (subject to hydrolysis) is 1. The Kier molecular flexibility index (Phi) is 4.79. The van der Waals surface area contributed by atoms with Gasteiger partial charge < -0.3 is 19.5 Å². The van der Waals surface area contributed by atoms with Gasteiger partial charge in [0.15, 0.2) is 5.60 Å². The van der Waals surface area contributed by atoms with Gasteiger partial charge in [-0.05, 0) is 19.9 Å². The first-order valence-electron chi connectivity index (χ1n) is 6.53. The summed E-state index contributed by atoms with van der Waals surface area (Å²) in [6, 6.07) is 0. The van der Waals surface area contributed by atoms with Crippen molar-refractivity contribution in [1.29, 1.82) is 0 Å². The fourth-order valence-electron chi connectivity index (χ4n) is 2.03. The minimum atomic E-state index is -0.422. The smallest absolute Gasteiger partial charge is 0.407 e.